The number of rotatable bonds is 5. The summed E-state index contributed by atoms with van der Waals surface area (Å²) in [6.45, 7) is 1.68. The third kappa shape index (κ3) is 6.22. The molecule has 0 saturated carbocycles. The molecule has 0 unspecified atom stereocenters. The zero-order valence-corrected chi connectivity index (χ0v) is 17.1. The van der Waals surface area contributed by atoms with E-state index < -0.39 is 11.8 Å². The average Bonchev–Trinajstić information content (AvgIpc) is 2.65. The van der Waals surface area contributed by atoms with Crippen molar-refractivity contribution in [3.05, 3.63) is 58.1 Å². The van der Waals surface area contributed by atoms with Crippen LogP contribution < -0.4 is 25.6 Å². The van der Waals surface area contributed by atoms with E-state index in [2.05, 4.69) is 32.1 Å². The van der Waals surface area contributed by atoms with Gasteiger partial charge in [-0.3, -0.25) is 25.8 Å². The fourth-order valence-corrected chi connectivity index (χ4v) is 2.75. The second kappa shape index (κ2) is 9.89. The van der Waals surface area contributed by atoms with E-state index in [0.717, 1.165) is 5.56 Å². The number of nitrogens with one attached hydrogen (secondary N) is 3. The molecule has 0 aliphatic carbocycles. The van der Waals surface area contributed by atoms with E-state index in [4.69, 9.17) is 21.7 Å². The number of benzene rings is 2. The van der Waals surface area contributed by atoms with Crippen molar-refractivity contribution in [2.24, 2.45) is 0 Å². The van der Waals surface area contributed by atoms with Gasteiger partial charge in [-0.15, -0.1) is 0 Å². The highest BCUT2D eigenvalue weighted by atomic mass is 79.9. The topological polar surface area (TPSA) is 88.7 Å². The lowest BCUT2D eigenvalue weighted by molar-refractivity contribution is -0.121. The van der Waals surface area contributed by atoms with Crippen LogP contribution in [0, 0.1) is 6.92 Å². The molecule has 0 heterocycles. The molecular formula is C18H18BrN3O4S. The number of amides is 2. The van der Waals surface area contributed by atoms with Gasteiger partial charge in [-0.1, -0.05) is 18.2 Å². The first-order valence-electron chi connectivity index (χ1n) is 7.83. The van der Waals surface area contributed by atoms with E-state index >= 15 is 0 Å². The first kappa shape index (κ1) is 20.7. The molecule has 7 nitrogen and oxygen atoms in total. The van der Waals surface area contributed by atoms with Crippen molar-refractivity contribution in [2.45, 2.75) is 6.92 Å². The molecular weight excluding hydrogens is 434 g/mol. The molecule has 0 fully saturated rings. The van der Waals surface area contributed by atoms with Gasteiger partial charge in [0.1, 0.15) is 11.5 Å². The molecule has 0 bridgehead atoms. The number of carbonyl (C=O) groups excluding carboxylic acids is 2. The maximum Gasteiger partial charge on any atom is 0.269 e. The van der Waals surface area contributed by atoms with Crippen LogP contribution in [0.1, 0.15) is 15.9 Å². The van der Waals surface area contributed by atoms with Crippen molar-refractivity contribution in [1.29, 1.82) is 0 Å². The fraction of sp³-hybridized carbons (Fsp3) is 0.167. The highest BCUT2D eigenvalue weighted by Gasteiger charge is 2.11. The van der Waals surface area contributed by atoms with Gasteiger partial charge in [0, 0.05) is 5.56 Å². The molecule has 3 N–H and O–H groups in total. The number of carbonyl (C=O) groups is 2. The van der Waals surface area contributed by atoms with Crippen LogP contribution in [0.15, 0.2) is 46.9 Å². The molecule has 0 saturated heterocycles. The van der Waals surface area contributed by atoms with Crippen LogP contribution in [0.2, 0.25) is 0 Å². The van der Waals surface area contributed by atoms with Crippen molar-refractivity contribution in [2.75, 3.05) is 13.7 Å². The lowest BCUT2D eigenvalue weighted by Gasteiger charge is -2.12. The van der Waals surface area contributed by atoms with E-state index in [1.165, 1.54) is 7.11 Å². The van der Waals surface area contributed by atoms with E-state index in [1.807, 2.05) is 25.1 Å². The van der Waals surface area contributed by atoms with Crippen LogP contribution in [0.4, 0.5) is 0 Å². The van der Waals surface area contributed by atoms with Gasteiger partial charge in [0.25, 0.3) is 11.8 Å². The van der Waals surface area contributed by atoms with Gasteiger partial charge in [0.05, 0.1) is 11.6 Å². The number of hydrazine groups is 1. The van der Waals surface area contributed by atoms with Crippen LogP contribution in [-0.4, -0.2) is 30.6 Å². The molecule has 0 spiro atoms. The number of ether oxygens (including phenoxy) is 2. The minimum Gasteiger partial charge on any atom is -0.496 e. The standard InChI is InChI=1S/C18H18BrN3O4S/c1-11-5-3-4-6-14(11)26-10-16(23)20-18(27)22-21-17(24)12-7-8-15(25-2)13(19)9-12/h3-9H,10H2,1-2H3,(H,21,24)(H2,20,22,23,27). The SMILES string of the molecule is COc1ccc(C(=O)NNC(=S)NC(=O)COc2ccccc2C)cc1Br. The van der Waals surface area contributed by atoms with Gasteiger partial charge in [0.15, 0.2) is 11.7 Å². The molecule has 0 radical (unpaired) electrons. The van der Waals surface area contributed by atoms with Crippen molar-refractivity contribution in [3.63, 3.8) is 0 Å². The van der Waals surface area contributed by atoms with Crippen molar-refractivity contribution < 1.29 is 19.1 Å². The predicted octanol–water partition coefficient (Wildman–Crippen LogP) is 2.48. The lowest BCUT2D eigenvalue weighted by atomic mass is 10.2. The first-order valence-corrected chi connectivity index (χ1v) is 9.03. The monoisotopic (exact) mass is 451 g/mol. The molecule has 0 aliphatic rings. The summed E-state index contributed by atoms with van der Waals surface area (Å²) in [5.41, 5.74) is 6.17. The van der Waals surface area contributed by atoms with Gasteiger partial charge >= 0.3 is 0 Å². The van der Waals surface area contributed by atoms with Crippen molar-refractivity contribution in [1.82, 2.24) is 16.2 Å². The summed E-state index contributed by atoms with van der Waals surface area (Å²) < 4.78 is 11.2. The maximum absolute atomic E-state index is 12.1. The Morgan fingerprint density at radius 2 is 1.85 bits per heavy atom. The Kier molecular flexibility index (Phi) is 7.56. The molecule has 0 atom stereocenters. The van der Waals surface area contributed by atoms with Gasteiger partial charge in [0.2, 0.25) is 0 Å². The normalized spacial score (nSPS) is 9.89. The summed E-state index contributed by atoms with van der Waals surface area (Å²) in [5.74, 6) is 0.351. The number of hydrogen-bond donors (Lipinski definition) is 3. The third-order valence-corrected chi connectivity index (χ3v) is 4.23. The van der Waals surface area contributed by atoms with Crippen LogP contribution >= 0.6 is 28.1 Å². The summed E-state index contributed by atoms with van der Waals surface area (Å²) in [5, 5.41) is 2.37. The van der Waals surface area contributed by atoms with Gasteiger partial charge in [-0.2, -0.15) is 0 Å². The number of methoxy groups -OCH3 is 1. The van der Waals surface area contributed by atoms with Crippen LogP contribution in [0.5, 0.6) is 11.5 Å². The summed E-state index contributed by atoms with van der Waals surface area (Å²) in [6.07, 6.45) is 0. The predicted molar refractivity (Wildman–Crippen MR) is 109 cm³/mol. The molecule has 2 aromatic carbocycles. The number of thiocarbonyl (C=S) groups is 1. The zero-order chi connectivity index (χ0) is 19.8. The molecule has 142 valence electrons. The number of halogens is 1. The quantitative estimate of drug-likeness (QED) is 0.477. The minimum atomic E-state index is -0.447. The number of para-hydroxylation sites is 1. The molecule has 2 amide bonds. The van der Waals surface area contributed by atoms with Crippen LogP contribution in [0.3, 0.4) is 0 Å². The summed E-state index contributed by atoms with van der Waals surface area (Å²) in [4.78, 5) is 24.0. The van der Waals surface area contributed by atoms with E-state index in [0.29, 0.717) is 21.5 Å². The van der Waals surface area contributed by atoms with E-state index in [-0.39, 0.29) is 11.7 Å². The smallest absolute Gasteiger partial charge is 0.269 e. The second-order valence-corrected chi connectivity index (χ2v) is 6.62. The minimum absolute atomic E-state index is 0.0469. The summed E-state index contributed by atoms with van der Waals surface area (Å²) in [7, 11) is 1.53. The Labute approximate surface area is 170 Å². The lowest BCUT2D eigenvalue weighted by Crippen LogP contribution is -2.49. The molecule has 2 rings (SSSR count). The highest BCUT2D eigenvalue weighted by molar-refractivity contribution is 9.10. The van der Waals surface area contributed by atoms with Crippen LogP contribution in [-0.2, 0) is 4.79 Å². The molecule has 2 aromatic rings. The first-order chi connectivity index (χ1) is 12.9. The van der Waals surface area contributed by atoms with Crippen molar-refractivity contribution in [3.8, 4) is 11.5 Å². The van der Waals surface area contributed by atoms with Crippen molar-refractivity contribution >= 4 is 45.1 Å². The number of hydrogen-bond acceptors (Lipinski definition) is 5. The Morgan fingerprint density at radius 3 is 2.52 bits per heavy atom. The van der Waals surface area contributed by atoms with E-state index in [1.54, 1.807) is 24.3 Å². The number of aryl methyl sites for hydroxylation is 1. The Balaban J connectivity index is 1.78. The van der Waals surface area contributed by atoms with Gasteiger partial charge in [-0.05, 0) is 64.9 Å². The summed E-state index contributed by atoms with van der Waals surface area (Å²) in [6, 6.07) is 12.2. The maximum atomic E-state index is 12.1. The third-order valence-electron chi connectivity index (χ3n) is 3.41. The molecule has 9 heteroatoms. The molecule has 0 aromatic heterocycles. The van der Waals surface area contributed by atoms with Gasteiger partial charge in [-0.25, -0.2) is 0 Å². The highest BCUT2D eigenvalue weighted by Crippen LogP contribution is 2.25. The molecule has 27 heavy (non-hydrogen) atoms. The fourth-order valence-electron chi connectivity index (χ4n) is 2.05. The largest absolute Gasteiger partial charge is 0.496 e. The molecule has 0 aliphatic heterocycles. The summed E-state index contributed by atoms with van der Waals surface area (Å²) >= 11 is 8.29. The van der Waals surface area contributed by atoms with Crippen LogP contribution in [0.25, 0.3) is 0 Å². The average molecular weight is 452 g/mol. The Bertz CT molecular complexity index is 860. The van der Waals surface area contributed by atoms with E-state index in [9.17, 15) is 9.59 Å². The Morgan fingerprint density at radius 1 is 1.11 bits per heavy atom. The van der Waals surface area contributed by atoms with Gasteiger partial charge < -0.3 is 9.47 Å². The Hall–Kier alpha value is -2.65. The zero-order valence-electron chi connectivity index (χ0n) is 14.7. The second-order valence-electron chi connectivity index (χ2n) is 5.36.